The number of benzene rings is 1. The highest BCUT2D eigenvalue weighted by atomic mass is 16.5. The van der Waals surface area contributed by atoms with E-state index in [4.69, 9.17) is 4.74 Å². The Balaban J connectivity index is 1.98. The van der Waals surface area contributed by atoms with Gasteiger partial charge in [0.05, 0.1) is 6.10 Å². The van der Waals surface area contributed by atoms with Gasteiger partial charge in [0, 0.05) is 26.7 Å². The van der Waals surface area contributed by atoms with E-state index in [9.17, 15) is 5.11 Å². The molecule has 1 atom stereocenters. The molecule has 1 aliphatic heterocycles. The summed E-state index contributed by atoms with van der Waals surface area (Å²) in [6.07, 6.45) is 0.586. The number of nitrogens with zero attached hydrogens (tertiary/aromatic N) is 1. The zero-order valence-corrected chi connectivity index (χ0v) is 10.6. The molecule has 3 heteroatoms. The van der Waals surface area contributed by atoms with Gasteiger partial charge in [-0.05, 0) is 12.0 Å². The van der Waals surface area contributed by atoms with E-state index in [0.29, 0.717) is 0 Å². The van der Waals surface area contributed by atoms with Gasteiger partial charge in [-0.1, -0.05) is 37.3 Å². The molecular formula is C14H21NO2. The summed E-state index contributed by atoms with van der Waals surface area (Å²) in [6.45, 7) is 4.48. The highest BCUT2D eigenvalue weighted by Crippen LogP contribution is 2.35. The molecule has 0 spiro atoms. The minimum absolute atomic E-state index is 0.172. The fourth-order valence-electron chi connectivity index (χ4n) is 2.40. The number of ether oxygens (including phenoxy) is 1. The second-order valence-electron chi connectivity index (χ2n) is 4.80. The molecule has 1 aromatic carbocycles. The molecule has 1 unspecified atom stereocenters. The molecule has 2 rings (SSSR count). The molecule has 1 aromatic rings. The molecule has 1 aliphatic rings. The maximum Gasteiger partial charge on any atom is 0.118 e. The lowest BCUT2D eigenvalue weighted by atomic mass is 9.85. The van der Waals surface area contributed by atoms with E-state index >= 15 is 0 Å². The summed E-state index contributed by atoms with van der Waals surface area (Å²) in [5.41, 5.74) is 1.05. The largest absolute Gasteiger partial charge is 0.392 e. The zero-order chi connectivity index (χ0) is 12.3. The van der Waals surface area contributed by atoms with Crippen molar-refractivity contribution < 1.29 is 9.84 Å². The highest BCUT2D eigenvalue weighted by molar-refractivity contribution is 5.26. The Kier molecular flexibility index (Phi) is 3.82. The van der Waals surface area contributed by atoms with Crippen molar-refractivity contribution >= 4 is 0 Å². The van der Waals surface area contributed by atoms with Gasteiger partial charge in [0.25, 0.3) is 0 Å². The van der Waals surface area contributed by atoms with Crippen LogP contribution in [0, 0.1) is 0 Å². The van der Waals surface area contributed by atoms with E-state index in [1.807, 2.05) is 25.1 Å². The number of hydrogen-bond donors (Lipinski definition) is 1. The predicted molar refractivity (Wildman–Crippen MR) is 67.9 cm³/mol. The van der Waals surface area contributed by atoms with Gasteiger partial charge in [-0.3, -0.25) is 4.90 Å². The lowest BCUT2D eigenvalue weighted by Crippen LogP contribution is -2.61. The van der Waals surface area contributed by atoms with Crippen LogP contribution in [0.5, 0.6) is 0 Å². The van der Waals surface area contributed by atoms with Crippen molar-refractivity contribution in [2.45, 2.75) is 25.0 Å². The van der Waals surface area contributed by atoms with Gasteiger partial charge >= 0.3 is 0 Å². The fourth-order valence-corrected chi connectivity index (χ4v) is 2.40. The van der Waals surface area contributed by atoms with Gasteiger partial charge in [-0.15, -0.1) is 0 Å². The SMILES string of the molecule is CCC(O)CN1CC(OC)(c2ccccc2)C1. The van der Waals surface area contributed by atoms with Crippen molar-refractivity contribution in [3.63, 3.8) is 0 Å². The average molecular weight is 235 g/mol. The Morgan fingerprint density at radius 2 is 2.00 bits per heavy atom. The van der Waals surface area contributed by atoms with E-state index in [2.05, 4.69) is 17.0 Å². The summed E-state index contributed by atoms with van der Waals surface area (Å²) in [7, 11) is 1.76. The second-order valence-corrected chi connectivity index (χ2v) is 4.80. The van der Waals surface area contributed by atoms with Gasteiger partial charge < -0.3 is 9.84 Å². The van der Waals surface area contributed by atoms with Crippen molar-refractivity contribution in [2.75, 3.05) is 26.7 Å². The number of aliphatic hydroxyl groups excluding tert-OH is 1. The van der Waals surface area contributed by atoms with Crippen LogP contribution in [0.4, 0.5) is 0 Å². The van der Waals surface area contributed by atoms with Gasteiger partial charge in [0.15, 0.2) is 0 Å². The van der Waals surface area contributed by atoms with Crippen LogP contribution in [0.25, 0.3) is 0 Å². The van der Waals surface area contributed by atoms with E-state index in [-0.39, 0.29) is 11.7 Å². The average Bonchev–Trinajstić information content (AvgIpc) is 2.34. The lowest BCUT2D eigenvalue weighted by molar-refractivity contribution is -0.138. The number of methoxy groups -OCH3 is 1. The monoisotopic (exact) mass is 235 g/mol. The van der Waals surface area contributed by atoms with Crippen LogP contribution in [-0.2, 0) is 10.3 Å². The molecular weight excluding hydrogens is 214 g/mol. The van der Waals surface area contributed by atoms with E-state index in [1.165, 1.54) is 5.56 Å². The quantitative estimate of drug-likeness (QED) is 0.841. The van der Waals surface area contributed by atoms with E-state index in [1.54, 1.807) is 7.11 Å². The third-order valence-corrected chi connectivity index (χ3v) is 3.59. The van der Waals surface area contributed by atoms with E-state index in [0.717, 1.165) is 26.1 Å². The zero-order valence-electron chi connectivity index (χ0n) is 10.6. The maximum absolute atomic E-state index is 9.62. The number of aliphatic hydroxyl groups is 1. The minimum Gasteiger partial charge on any atom is -0.392 e. The maximum atomic E-state index is 9.62. The minimum atomic E-state index is -0.222. The van der Waals surface area contributed by atoms with Gasteiger partial charge in [-0.2, -0.15) is 0 Å². The molecule has 94 valence electrons. The summed E-state index contributed by atoms with van der Waals surface area (Å²) in [5, 5.41) is 9.62. The molecule has 0 aromatic heterocycles. The van der Waals surface area contributed by atoms with Gasteiger partial charge in [0.1, 0.15) is 5.60 Å². The van der Waals surface area contributed by atoms with Gasteiger partial charge in [-0.25, -0.2) is 0 Å². The molecule has 0 bridgehead atoms. The third-order valence-electron chi connectivity index (χ3n) is 3.59. The first-order chi connectivity index (χ1) is 8.20. The first kappa shape index (κ1) is 12.6. The standard InChI is InChI=1S/C14H21NO2/c1-3-13(16)9-15-10-14(11-15,17-2)12-7-5-4-6-8-12/h4-8,13,16H,3,9-11H2,1-2H3. The second kappa shape index (κ2) is 5.17. The molecule has 1 fully saturated rings. The predicted octanol–water partition coefficient (Wildman–Crippen LogP) is 1.61. The Bertz CT molecular complexity index is 346. The molecule has 0 saturated carbocycles. The molecule has 0 aliphatic carbocycles. The van der Waals surface area contributed by atoms with Crippen molar-refractivity contribution in [3.05, 3.63) is 35.9 Å². The molecule has 3 nitrogen and oxygen atoms in total. The number of hydrogen-bond acceptors (Lipinski definition) is 3. The van der Waals surface area contributed by atoms with Crippen LogP contribution >= 0.6 is 0 Å². The number of likely N-dealkylation sites (tertiary alicyclic amines) is 1. The number of β-amino-alcohol motifs (C(OH)–C–C–N with tert-alkyl or cyclic N) is 1. The Morgan fingerprint density at radius 3 is 2.53 bits per heavy atom. The molecule has 1 saturated heterocycles. The van der Waals surface area contributed by atoms with E-state index < -0.39 is 0 Å². The first-order valence-electron chi connectivity index (χ1n) is 6.21. The summed E-state index contributed by atoms with van der Waals surface area (Å²) in [6, 6.07) is 10.3. The smallest absolute Gasteiger partial charge is 0.118 e. The fraction of sp³-hybridized carbons (Fsp3) is 0.571. The highest BCUT2D eigenvalue weighted by Gasteiger charge is 2.44. The van der Waals surface area contributed by atoms with Crippen LogP contribution < -0.4 is 0 Å². The molecule has 17 heavy (non-hydrogen) atoms. The van der Waals surface area contributed by atoms with Crippen LogP contribution in [0.2, 0.25) is 0 Å². The Morgan fingerprint density at radius 1 is 1.35 bits per heavy atom. The van der Waals surface area contributed by atoms with Gasteiger partial charge in [0.2, 0.25) is 0 Å². The third kappa shape index (κ3) is 2.51. The Labute approximate surface area is 103 Å². The van der Waals surface area contributed by atoms with Crippen LogP contribution in [0.3, 0.4) is 0 Å². The van der Waals surface area contributed by atoms with Crippen LogP contribution in [0.15, 0.2) is 30.3 Å². The molecule has 0 radical (unpaired) electrons. The molecule has 1 N–H and O–H groups in total. The van der Waals surface area contributed by atoms with Crippen molar-refractivity contribution in [3.8, 4) is 0 Å². The normalized spacial score (nSPS) is 20.9. The summed E-state index contributed by atoms with van der Waals surface area (Å²) in [5.74, 6) is 0. The first-order valence-corrected chi connectivity index (χ1v) is 6.21. The summed E-state index contributed by atoms with van der Waals surface area (Å²) >= 11 is 0. The van der Waals surface area contributed by atoms with Crippen LogP contribution in [0.1, 0.15) is 18.9 Å². The summed E-state index contributed by atoms with van der Waals surface area (Å²) < 4.78 is 5.68. The number of rotatable bonds is 5. The lowest BCUT2D eigenvalue weighted by Gasteiger charge is -2.50. The topological polar surface area (TPSA) is 32.7 Å². The molecule has 1 heterocycles. The molecule has 0 amide bonds. The van der Waals surface area contributed by atoms with Crippen molar-refractivity contribution in [1.29, 1.82) is 0 Å². The van der Waals surface area contributed by atoms with Crippen molar-refractivity contribution in [2.24, 2.45) is 0 Å². The van der Waals surface area contributed by atoms with Crippen molar-refractivity contribution in [1.82, 2.24) is 4.90 Å². The Hall–Kier alpha value is -0.900. The summed E-state index contributed by atoms with van der Waals surface area (Å²) in [4.78, 5) is 2.24. The van der Waals surface area contributed by atoms with Crippen LogP contribution in [-0.4, -0.2) is 42.9 Å².